The van der Waals surface area contributed by atoms with Crippen LogP contribution in [-0.4, -0.2) is 17.7 Å². The van der Waals surface area contributed by atoms with Crippen LogP contribution in [0.4, 0.5) is 11.4 Å². The Balaban J connectivity index is 1.85. The summed E-state index contributed by atoms with van der Waals surface area (Å²) in [7, 11) is 1.99. The summed E-state index contributed by atoms with van der Waals surface area (Å²) in [6, 6.07) is 10.6. The van der Waals surface area contributed by atoms with E-state index >= 15 is 0 Å². The molecule has 5 heteroatoms. The van der Waals surface area contributed by atoms with E-state index in [0.717, 1.165) is 16.8 Å². The molecular formula is C21H18N2O3. The van der Waals surface area contributed by atoms with Crippen molar-refractivity contribution in [2.45, 2.75) is 25.0 Å². The van der Waals surface area contributed by atoms with Crippen LogP contribution in [0.2, 0.25) is 0 Å². The molecule has 2 aromatic rings. The van der Waals surface area contributed by atoms with Crippen molar-refractivity contribution < 1.29 is 9.66 Å². The fraction of sp³-hybridized carbons (Fsp3) is 0.238. The van der Waals surface area contributed by atoms with Crippen molar-refractivity contribution >= 4 is 17.5 Å². The van der Waals surface area contributed by atoms with E-state index in [1.54, 1.807) is 6.07 Å². The lowest BCUT2D eigenvalue weighted by molar-refractivity contribution is -0.384. The minimum absolute atomic E-state index is 0.0499. The van der Waals surface area contributed by atoms with Crippen LogP contribution in [0.25, 0.3) is 6.08 Å². The number of fused-ring (bicyclic) bond motifs is 2. The third kappa shape index (κ3) is 1.93. The smallest absolute Gasteiger partial charge is 0.270 e. The molecule has 0 aliphatic carbocycles. The molecule has 5 nitrogen and oxygen atoms in total. The van der Waals surface area contributed by atoms with E-state index in [0.29, 0.717) is 11.3 Å². The summed E-state index contributed by atoms with van der Waals surface area (Å²) in [5.41, 5.74) is 2.65. The maximum atomic E-state index is 11.0. The summed E-state index contributed by atoms with van der Waals surface area (Å²) in [5, 5.41) is 11.0. The predicted octanol–water partition coefficient (Wildman–Crippen LogP) is 4.11. The fourth-order valence-electron chi connectivity index (χ4n) is 4.00. The number of non-ortho nitro benzene ring substituents is 1. The summed E-state index contributed by atoms with van der Waals surface area (Å²) < 4.78 is 6.46. The maximum Gasteiger partial charge on any atom is 0.270 e. The molecule has 4 rings (SSSR count). The van der Waals surface area contributed by atoms with Crippen LogP contribution in [0.1, 0.15) is 30.5 Å². The van der Waals surface area contributed by atoms with Gasteiger partial charge in [0.25, 0.3) is 5.69 Å². The van der Waals surface area contributed by atoms with Crippen LogP contribution < -0.4 is 9.64 Å². The SMILES string of the molecule is C#Cc1ccc2c(c1)C(C)(C)C1(C=Cc3cc([N+](=O)[O-])ccc3O1)N2C. The van der Waals surface area contributed by atoms with Crippen molar-refractivity contribution in [2.24, 2.45) is 0 Å². The highest BCUT2D eigenvalue weighted by Crippen LogP contribution is 2.54. The van der Waals surface area contributed by atoms with Crippen molar-refractivity contribution in [1.29, 1.82) is 0 Å². The highest BCUT2D eigenvalue weighted by Gasteiger charge is 2.57. The first-order chi connectivity index (χ1) is 12.3. The molecule has 130 valence electrons. The average Bonchev–Trinajstić information content (AvgIpc) is 2.79. The first-order valence-electron chi connectivity index (χ1n) is 8.32. The van der Waals surface area contributed by atoms with Crippen LogP contribution in [0.5, 0.6) is 5.75 Å². The van der Waals surface area contributed by atoms with Gasteiger partial charge in [-0.05, 0) is 55.8 Å². The van der Waals surface area contributed by atoms with Crippen LogP contribution in [0.3, 0.4) is 0 Å². The summed E-state index contributed by atoms with van der Waals surface area (Å²) >= 11 is 0. The number of ether oxygens (including phenoxy) is 1. The first-order valence-corrected chi connectivity index (χ1v) is 8.32. The van der Waals surface area contributed by atoms with Gasteiger partial charge in [0, 0.05) is 36.0 Å². The highest BCUT2D eigenvalue weighted by atomic mass is 16.6. The second-order valence-electron chi connectivity index (χ2n) is 7.17. The molecule has 0 saturated carbocycles. The Hall–Kier alpha value is -3.26. The lowest BCUT2D eigenvalue weighted by atomic mass is 9.76. The number of hydrogen-bond acceptors (Lipinski definition) is 4. The number of anilines is 1. The number of rotatable bonds is 1. The maximum absolute atomic E-state index is 11.0. The van der Waals surface area contributed by atoms with Crippen LogP contribution in [0.15, 0.2) is 42.5 Å². The minimum atomic E-state index is -0.730. The number of benzene rings is 2. The third-order valence-electron chi connectivity index (χ3n) is 5.55. The molecule has 1 atom stereocenters. The number of hydrogen-bond donors (Lipinski definition) is 0. The molecular weight excluding hydrogens is 328 g/mol. The standard InChI is InChI=1S/C21H18N2O3/c1-5-14-6-8-18-17(12-14)20(2,3)21(22(18)4)11-10-15-13-16(23(24)25)7-9-19(15)26-21/h1,6-13H,2-4H3. The van der Waals surface area contributed by atoms with Gasteiger partial charge in [0.15, 0.2) is 0 Å². The Morgan fingerprint density at radius 2 is 2.00 bits per heavy atom. The van der Waals surface area contributed by atoms with Crippen molar-refractivity contribution in [1.82, 2.24) is 0 Å². The van der Waals surface area contributed by atoms with Gasteiger partial charge in [-0.25, -0.2) is 0 Å². The molecule has 2 aromatic carbocycles. The molecule has 26 heavy (non-hydrogen) atoms. The monoisotopic (exact) mass is 346 g/mol. The van der Waals surface area contributed by atoms with Gasteiger partial charge >= 0.3 is 0 Å². The van der Waals surface area contributed by atoms with Gasteiger partial charge in [0.1, 0.15) is 5.75 Å². The van der Waals surface area contributed by atoms with E-state index in [1.807, 2.05) is 37.4 Å². The van der Waals surface area contributed by atoms with Crippen molar-refractivity contribution in [2.75, 3.05) is 11.9 Å². The molecule has 2 aliphatic rings. The van der Waals surface area contributed by atoms with Gasteiger partial charge in [-0.15, -0.1) is 6.42 Å². The number of nitro groups is 1. The quantitative estimate of drug-likeness (QED) is 0.443. The largest absolute Gasteiger partial charge is 0.463 e. The number of likely N-dealkylation sites (N-methyl/N-ethyl adjacent to an activating group) is 1. The van der Waals surface area contributed by atoms with Gasteiger partial charge in [0.2, 0.25) is 5.72 Å². The first kappa shape index (κ1) is 16.2. The molecule has 1 unspecified atom stereocenters. The van der Waals surface area contributed by atoms with E-state index in [1.165, 1.54) is 12.1 Å². The summed E-state index contributed by atoms with van der Waals surface area (Å²) in [4.78, 5) is 12.7. The van der Waals surface area contributed by atoms with Crippen LogP contribution >= 0.6 is 0 Å². The Morgan fingerprint density at radius 1 is 1.23 bits per heavy atom. The zero-order chi connectivity index (χ0) is 18.7. The molecule has 0 saturated heterocycles. The second-order valence-corrected chi connectivity index (χ2v) is 7.17. The van der Waals surface area contributed by atoms with Gasteiger partial charge < -0.3 is 9.64 Å². The molecule has 0 amide bonds. The molecule has 0 fully saturated rings. The van der Waals surface area contributed by atoms with E-state index in [9.17, 15) is 10.1 Å². The van der Waals surface area contributed by atoms with Crippen LogP contribution in [0, 0.1) is 22.5 Å². The average molecular weight is 346 g/mol. The molecule has 2 heterocycles. The van der Waals surface area contributed by atoms with Crippen LogP contribution in [-0.2, 0) is 5.41 Å². The Kier molecular flexibility index (Phi) is 3.19. The van der Waals surface area contributed by atoms with Crippen molar-refractivity contribution in [3.05, 3.63) is 69.3 Å². The van der Waals surface area contributed by atoms with E-state index in [-0.39, 0.29) is 11.1 Å². The topological polar surface area (TPSA) is 55.6 Å². The van der Waals surface area contributed by atoms with Gasteiger partial charge in [-0.3, -0.25) is 10.1 Å². The highest BCUT2D eigenvalue weighted by molar-refractivity contribution is 5.73. The second kappa shape index (κ2) is 5.12. The van der Waals surface area contributed by atoms with E-state index < -0.39 is 10.6 Å². The normalized spacial score (nSPS) is 21.7. The summed E-state index contributed by atoms with van der Waals surface area (Å²) in [6.07, 6.45) is 9.46. The predicted molar refractivity (Wildman–Crippen MR) is 101 cm³/mol. The minimum Gasteiger partial charge on any atom is -0.463 e. The van der Waals surface area contributed by atoms with Gasteiger partial charge in [0.05, 0.1) is 10.3 Å². The molecule has 0 aromatic heterocycles. The Labute approximate surface area is 152 Å². The lowest BCUT2D eigenvalue weighted by Gasteiger charge is -2.45. The van der Waals surface area contributed by atoms with Crippen molar-refractivity contribution in [3.8, 4) is 18.1 Å². The summed E-state index contributed by atoms with van der Waals surface area (Å²) in [6.45, 7) is 4.24. The number of terminal acetylenes is 1. The number of nitrogens with zero attached hydrogens (tertiary/aromatic N) is 2. The van der Waals surface area contributed by atoms with E-state index in [4.69, 9.17) is 11.2 Å². The van der Waals surface area contributed by atoms with Gasteiger partial charge in [-0.1, -0.05) is 5.92 Å². The number of nitro benzene ring substituents is 1. The zero-order valence-corrected chi connectivity index (χ0v) is 14.8. The fourth-order valence-corrected chi connectivity index (χ4v) is 4.00. The molecule has 2 aliphatic heterocycles. The van der Waals surface area contributed by atoms with Crippen molar-refractivity contribution in [3.63, 3.8) is 0 Å². The Morgan fingerprint density at radius 3 is 2.69 bits per heavy atom. The third-order valence-corrected chi connectivity index (χ3v) is 5.55. The lowest BCUT2D eigenvalue weighted by Crippen LogP contribution is -2.58. The van der Waals surface area contributed by atoms with Gasteiger partial charge in [-0.2, -0.15) is 0 Å². The molecule has 0 bridgehead atoms. The Bertz CT molecular complexity index is 1020. The molecule has 0 radical (unpaired) electrons. The zero-order valence-electron chi connectivity index (χ0n) is 14.8. The molecule has 0 N–H and O–H groups in total. The van der Waals surface area contributed by atoms with E-state index in [2.05, 4.69) is 24.7 Å². The summed E-state index contributed by atoms with van der Waals surface area (Å²) in [5.74, 6) is 3.32. The molecule has 1 spiro atoms.